The molecule has 0 spiro atoms. The molecule has 156 valence electrons. The first-order valence-corrected chi connectivity index (χ1v) is 10.6. The van der Waals surface area contributed by atoms with Gasteiger partial charge in [-0.15, -0.1) is 0 Å². The van der Waals surface area contributed by atoms with Crippen molar-refractivity contribution in [2.45, 2.75) is 93.3 Å². The number of carbonyl (C=O) groups is 1. The first-order valence-electron chi connectivity index (χ1n) is 10.6. The maximum absolute atomic E-state index is 12.7. The fourth-order valence-corrected chi connectivity index (χ4v) is 3.65. The lowest BCUT2D eigenvalue weighted by molar-refractivity contribution is -0.165. The highest BCUT2D eigenvalue weighted by molar-refractivity contribution is 5.73. The van der Waals surface area contributed by atoms with E-state index in [0.717, 1.165) is 25.7 Å². The summed E-state index contributed by atoms with van der Waals surface area (Å²) >= 11 is 0. The van der Waals surface area contributed by atoms with Gasteiger partial charge in [-0.25, -0.2) is 0 Å². The highest BCUT2D eigenvalue weighted by Gasteiger charge is 2.33. The predicted molar refractivity (Wildman–Crippen MR) is 108 cm³/mol. The number of ether oxygens (including phenoxy) is 1. The number of esters is 1. The van der Waals surface area contributed by atoms with E-state index in [1.54, 1.807) is 6.92 Å². The van der Waals surface area contributed by atoms with Crippen LogP contribution in [0.4, 0.5) is 0 Å². The summed E-state index contributed by atoms with van der Waals surface area (Å²) in [4.78, 5) is 12.7. The molecular weight excluding hydrogens is 328 g/mol. The van der Waals surface area contributed by atoms with Gasteiger partial charge in [0, 0.05) is 12.5 Å². The predicted octanol–water partition coefficient (Wildman–Crippen LogP) is 4.67. The molecule has 0 rings (SSSR count). The summed E-state index contributed by atoms with van der Waals surface area (Å²) in [5, 5.41) is 20.2. The minimum Gasteiger partial charge on any atom is -0.461 e. The highest BCUT2D eigenvalue weighted by atomic mass is 16.5. The summed E-state index contributed by atoms with van der Waals surface area (Å²) in [5.41, 5.74) is 0. The Balaban J connectivity index is 4.95. The quantitative estimate of drug-likeness (QED) is 0.461. The molecule has 0 amide bonds. The lowest BCUT2D eigenvalue weighted by atomic mass is 9.85. The smallest absolute Gasteiger partial charge is 0.311 e. The van der Waals surface area contributed by atoms with E-state index in [0.29, 0.717) is 11.8 Å². The van der Waals surface area contributed by atoms with Gasteiger partial charge >= 0.3 is 5.97 Å². The molecule has 8 atom stereocenters. The normalized spacial score (nSPS) is 21.2. The van der Waals surface area contributed by atoms with E-state index in [2.05, 4.69) is 34.6 Å². The molecule has 0 aromatic heterocycles. The van der Waals surface area contributed by atoms with E-state index in [-0.39, 0.29) is 36.4 Å². The van der Waals surface area contributed by atoms with Crippen molar-refractivity contribution in [3.05, 3.63) is 0 Å². The van der Waals surface area contributed by atoms with Gasteiger partial charge in [-0.3, -0.25) is 4.79 Å². The van der Waals surface area contributed by atoms with Crippen LogP contribution in [0.1, 0.15) is 81.1 Å². The Morgan fingerprint density at radius 2 is 1.31 bits per heavy atom. The van der Waals surface area contributed by atoms with Crippen molar-refractivity contribution >= 4 is 5.97 Å². The van der Waals surface area contributed by atoms with Crippen molar-refractivity contribution in [2.24, 2.45) is 35.5 Å². The van der Waals surface area contributed by atoms with Gasteiger partial charge in [0.1, 0.15) is 6.10 Å². The SMILES string of the molecule is CC[C@@H](C)C[C@@H](C)[C@H](O)[C@H](C)C(=O)O[C@@H]([C@H](C)C[C@H](C)CC)[C@@H](C)CO. The molecule has 26 heavy (non-hydrogen) atoms. The molecule has 0 saturated heterocycles. The maximum Gasteiger partial charge on any atom is 0.311 e. The van der Waals surface area contributed by atoms with Gasteiger partial charge < -0.3 is 14.9 Å². The third-order valence-electron chi connectivity index (χ3n) is 6.07. The average molecular weight is 373 g/mol. The Labute approximate surface area is 161 Å². The molecule has 0 aliphatic rings. The molecule has 4 heteroatoms. The van der Waals surface area contributed by atoms with E-state index in [1.165, 1.54) is 0 Å². The van der Waals surface area contributed by atoms with Crippen LogP contribution in [-0.2, 0) is 9.53 Å². The Morgan fingerprint density at radius 1 is 0.846 bits per heavy atom. The number of aliphatic hydroxyl groups excluding tert-OH is 2. The summed E-state index contributed by atoms with van der Waals surface area (Å²) in [6, 6.07) is 0. The fourth-order valence-electron chi connectivity index (χ4n) is 3.65. The lowest BCUT2D eigenvalue weighted by Gasteiger charge is -2.32. The third kappa shape index (κ3) is 8.39. The molecule has 2 N–H and O–H groups in total. The molecule has 0 fully saturated rings. The largest absolute Gasteiger partial charge is 0.461 e. The van der Waals surface area contributed by atoms with Crippen molar-refractivity contribution in [3.8, 4) is 0 Å². The van der Waals surface area contributed by atoms with E-state index in [4.69, 9.17) is 4.74 Å². The topological polar surface area (TPSA) is 66.8 Å². The summed E-state index contributed by atoms with van der Waals surface area (Å²) < 4.78 is 5.82. The van der Waals surface area contributed by atoms with Crippen LogP contribution in [0, 0.1) is 35.5 Å². The Kier molecular flexibility index (Phi) is 12.4. The molecule has 0 aromatic rings. The molecule has 0 aliphatic heterocycles. The number of rotatable bonds is 13. The Bertz CT molecular complexity index is 384. The Morgan fingerprint density at radius 3 is 1.73 bits per heavy atom. The van der Waals surface area contributed by atoms with Crippen molar-refractivity contribution in [1.82, 2.24) is 0 Å². The van der Waals surface area contributed by atoms with Gasteiger partial charge in [0.05, 0.1) is 12.0 Å². The monoisotopic (exact) mass is 372 g/mol. The zero-order valence-corrected chi connectivity index (χ0v) is 18.4. The second-order valence-corrected chi connectivity index (χ2v) is 8.79. The van der Waals surface area contributed by atoms with Crippen molar-refractivity contribution in [2.75, 3.05) is 6.61 Å². The summed E-state index contributed by atoms with van der Waals surface area (Å²) in [5.74, 6) is 0.292. The molecule has 0 heterocycles. The zero-order valence-electron chi connectivity index (χ0n) is 18.4. The van der Waals surface area contributed by atoms with Gasteiger partial charge in [0.25, 0.3) is 0 Å². The van der Waals surface area contributed by atoms with E-state index in [1.807, 2.05) is 13.8 Å². The van der Waals surface area contributed by atoms with Crippen LogP contribution in [0.15, 0.2) is 0 Å². The van der Waals surface area contributed by atoms with Gasteiger partial charge in [-0.1, -0.05) is 61.3 Å². The van der Waals surface area contributed by atoms with Crippen molar-refractivity contribution in [1.29, 1.82) is 0 Å². The van der Waals surface area contributed by atoms with E-state index in [9.17, 15) is 15.0 Å². The van der Waals surface area contributed by atoms with Crippen LogP contribution < -0.4 is 0 Å². The van der Waals surface area contributed by atoms with Crippen molar-refractivity contribution in [3.63, 3.8) is 0 Å². The van der Waals surface area contributed by atoms with Crippen LogP contribution in [0.2, 0.25) is 0 Å². The first-order chi connectivity index (χ1) is 12.1. The van der Waals surface area contributed by atoms with Crippen LogP contribution >= 0.6 is 0 Å². The molecular formula is C22H44O4. The highest BCUT2D eigenvalue weighted by Crippen LogP contribution is 2.28. The van der Waals surface area contributed by atoms with Gasteiger partial charge in [0.2, 0.25) is 0 Å². The number of hydrogen-bond donors (Lipinski definition) is 2. The average Bonchev–Trinajstić information content (AvgIpc) is 2.63. The molecule has 0 bridgehead atoms. The number of carbonyl (C=O) groups excluding carboxylic acids is 1. The summed E-state index contributed by atoms with van der Waals surface area (Å²) in [6.45, 7) is 16.4. The maximum atomic E-state index is 12.7. The molecule has 0 aromatic carbocycles. The molecule has 0 radical (unpaired) electrons. The number of hydrogen-bond acceptors (Lipinski definition) is 4. The Hall–Kier alpha value is -0.610. The summed E-state index contributed by atoms with van der Waals surface area (Å²) in [7, 11) is 0. The number of aliphatic hydroxyl groups is 2. The minimum absolute atomic E-state index is 0.00978. The van der Waals surface area contributed by atoms with E-state index < -0.39 is 12.0 Å². The van der Waals surface area contributed by atoms with Crippen LogP contribution in [-0.4, -0.2) is 35.0 Å². The molecule has 4 nitrogen and oxygen atoms in total. The fraction of sp³-hybridized carbons (Fsp3) is 0.955. The van der Waals surface area contributed by atoms with Crippen LogP contribution in [0.3, 0.4) is 0 Å². The second kappa shape index (κ2) is 12.7. The third-order valence-corrected chi connectivity index (χ3v) is 6.07. The molecule has 0 saturated carbocycles. The summed E-state index contributed by atoms with van der Waals surface area (Å²) in [6.07, 6.45) is 2.99. The lowest BCUT2D eigenvalue weighted by Crippen LogP contribution is -2.39. The first kappa shape index (κ1) is 25.4. The molecule has 0 unspecified atom stereocenters. The van der Waals surface area contributed by atoms with Crippen molar-refractivity contribution < 1.29 is 19.7 Å². The zero-order chi connectivity index (χ0) is 20.4. The van der Waals surface area contributed by atoms with Gasteiger partial charge in [0.15, 0.2) is 0 Å². The standard InChI is InChI=1S/C22H44O4/c1-9-14(3)11-16(5)20(24)19(8)22(25)26-21(18(7)13-23)17(6)12-15(4)10-2/h14-21,23-24H,9-13H2,1-8H3/t14-,15-,16-,17-,18+,19+,20+,21+/m1/s1. The van der Waals surface area contributed by atoms with Gasteiger partial charge in [-0.2, -0.15) is 0 Å². The van der Waals surface area contributed by atoms with Gasteiger partial charge in [-0.05, 0) is 43.4 Å². The van der Waals surface area contributed by atoms with Crippen LogP contribution in [0.25, 0.3) is 0 Å². The van der Waals surface area contributed by atoms with Crippen LogP contribution in [0.5, 0.6) is 0 Å². The molecule has 0 aliphatic carbocycles. The second-order valence-electron chi connectivity index (χ2n) is 8.79. The minimum atomic E-state index is -0.702. The van der Waals surface area contributed by atoms with E-state index >= 15 is 0 Å².